The third-order valence-corrected chi connectivity index (χ3v) is 1.90. The van der Waals surface area contributed by atoms with Gasteiger partial charge in [-0.15, -0.1) is 0 Å². The van der Waals surface area contributed by atoms with E-state index in [0.717, 1.165) is 22.8 Å². The molecule has 10 heavy (non-hydrogen) atoms. The molecule has 0 unspecified atom stereocenters. The van der Waals surface area contributed by atoms with Gasteiger partial charge in [0.2, 0.25) is 0 Å². The second kappa shape index (κ2) is 5.70. The molecule has 0 aliphatic heterocycles. The molecule has 0 aliphatic carbocycles. The Morgan fingerprint density at radius 3 is 2.70 bits per heavy atom. The van der Waals surface area contributed by atoms with Crippen LogP contribution in [0.4, 0.5) is 0 Å². The van der Waals surface area contributed by atoms with Gasteiger partial charge in [0.15, 0.2) is 0 Å². The molecule has 0 spiro atoms. The Labute approximate surface area is 74.5 Å². The number of hydrogen-bond acceptors (Lipinski definition) is 1. The van der Waals surface area contributed by atoms with E-state index in [4.69, 9.17) is 5.11 Å². The Balaban J connectivity index is 3.60. The van der Waals surface area contributed by atoms with Crippen LogP contribution in [0.5, 0.6) is 0 Å². The maximum atomic E-state index is 10.1. The molecule has 0 aromatic rings. The van der Waals surface area contributed by atoms with Crippen molar-refractivity contribution < 1.29 is 9.90 Å². The largest absolute Gasteiger partial charge is 0.478 e. The zero-order valence-electron chi connectivity index (χ0n) is 5.93. The third kappa shape index (κ3) is 6.07. The van der Waals surface area contributed by atoms with Gasteiger partial charge in [-0.2, -0.15) is 0 Å². The summed E-state index contributed by atoms with van der Waals surface area (Å²) < 4.78 is 0.923. The summed E-state index contributed by atoms with van der Waals surface area (Å²) in [6.45, 7) is 2.09. The van der Waals surface area contributed by atoms with Crippen molar-refractivity contribution in [3.8, 4) is 0 Å². The normalized spacial score (nSPS) is 11.6. The molecule has 0 rings (SSSR count). The molecule has 0 aromatic heterocycles. The van der Waals surface area contributed by atoms with Crippen molar-refractivity contribution in [2.24, 2.45) is 0 Å². The van der Waals surface area contributed by atoms with Crippen LogP contribution < -0.4 is 0 Å². The molecule has 58 valence electrons. The maximum absolute atomic E-state index is 10.1. The van der Waals surface area contributed by atoms with Gasteiger partial charge in [0.1, 0.15) is 0 Å². The highest BCUT2D eigenvalue weighted by atomic mass is 127. The van der Waals surface area contributed by atoms with Gasteiger partial charge in [-0.1, -0.05) is 13.3 Å². The average molecular weight is 254 g/mol. The second-order valence-corrected chi connectivity index (χ2v) is 3.42. The summed E-state index contributed by atoms with van der Waals surface area (Å²) in [5.41, 5.74) is 0. The van der Waals surface area contributed by atoms with Crippen molar-refractivity contribution in [3.63, 3.8) is 0 Å². The van der Waals surface area contributed by atoms with E-state index in [1.54, 1.807) is 0 Å². The van der Waals surface area contributed by atoms with E-state index in [2.05, 4.69) is 29.5 Å². The summed E-state index contributed by atoms with van der Waals surface area (Å²) in [4.78, 5) is 10.1. The highest BCUT2D eigenvalue weighted by Gasteiger charge is 1.94. The first-order valence-corrected chi connectivity index (χ1v) is 4.33. The fourth-order valence-corrected chi connectivity index (χ4v) is 1.20. The Morgan fingerprint density at radius 1 is 1.70 bits per heavy atom. The fourth-order valence-electron chi connectivity index (χ4n) is 0.552. The van der Waals surface area contributed by atoms with Crippen LogP contribution >= 0.6 is 22.6 Å². The van der Waals surface area contributed by atoms with Crippen LogP contribution in [-0.4, -0.2) is 11.1 Å². The number of carboxylic acid groups (broad SMARTS) is 1. The number of carbonyl (C=O) groups is 1. The van der Waals surface area contributed by atoms with Crippen LogP contribution in [0, 0.1) is 0 Å². The lowest BCUT2D eigenvalue weighted by molar-refractivity contribution is -0.131. The van der Waals surface area contributed by atoms with E-state index in [9.17, 15) is 4.79 Å². The van der Waals surface area contributed by atoms with Crippen molar-refractivity contribution in [3.05, 3.63) is 9.66 Å². The minimum Gasteiger partial charge on any atom is -0.478 e. The van der Waals surface area contributed by atoms with Crippen LogP contribution in [-0.2, 0) is 4.79 Å². The van der Waals surface area contributed by atoms with E-state index in [1.807, 2.05) is 0 Å². The molecule has 3 heteroatoms. The van der Waals surface area contributed by atoms with Gasteiger partial charge in [0.05, 0.1) is 0 Å². The van der Waals surface area contributed by atoms with E-state index in [1.165, 1.54) is 6.08 Å². The first-order chi connectivity index (χ1) is 4.66. The highest BCUT2D eigenvalue weighted by Crippen LogP contribution is 2.13. The molecule has 0 fully saturated rings. The number of aliphatic carboxylic acids is 1. The molecule has 0 radical (unpaired) electrons. The minimum absolute atomic E-state index is 0.847. The van der Waals surface area contributed by atoms with Gasteiger partial charge < -0.3 is 5.11 Å². The zero-order chi connectivity index (χ0) is 7.98. The molecule has 0 atom stereocenters. The van der Waals surface area contributed by atoms with Gasteiger partial charge in [-0.3, -0.25) is 0 Å². The second-order valence-electron chi connectivity index (χ2n) is 2.03. The van der Waals surface area contributed by atoms with E-state index < -0.39 is 5.97 Å². The lowest BCUT2D eigenvalue weighted by atomic mass is 10.2. The first kappa shape index (κ1) is 9.94. The molecule has 0 aromatic carbocycles. The van der Waals surface area contributed by atoms with E-state index >= 15 is 0 Å². The third-order valence-electron chi connectivity index (χ3n) is 1.05. The van der Waals surface area contributed by atoms with Crippen molar-refractivity contribution in [2.75, 3.05) is 0 Å². The molecule has 0 saturated carbocycles. The number of halogens is 1. The number of rotatable bonds is 4. The molecule has 1 N–H and O–H groups in total. The van der Waals surface area contributed by atoms with Crippen LogP contribution in [0.2, 0.25) is 0 Å². The Kier molecular flexibility index (Phi) is 5.67. The van der Waals surface area contributed by atoms with Crippen LogP contribution in [0.15, 0.2) is 9.66 Å². The molecule has 0 bridgehead atoms. The highest BCUT2D eigenvalue weighted by molar-refractivity contribution is 14.1. The maximum Gasteiger partial charge on any atom is 0.329 e. The van der Waals surface area contributed by atoms with Crippen molar-refractivity contribution >= 4 is 28.6 Å². The molecular weight excluding hydrogens is 243 g/mol. The first-order valence-electron chi connectivity index (χ1n) is 3.25. The fraction of sp³-hybridized carbons (Fsp3) is 0.571. The molecule has 0 amide bonds. The van der Waals surface area contributed by atoms with E-state index in [0.29, 0.717) is 0 Å². The predicted molar refractivity (Wildman–Crippen MR) is 49.3 cm³/mol. The van der Waals surface area contributed by atoms with Gasteiger partial charge in [0.25, 0.3) is 0 Å². The molecule has 2 nitrogen and oxygen atoms in total. The lowest BCUT2D eigenvalue weighted by Crippen LogP contribution is -1.88. The monoisotopic (exact) mass is 254 g/mol. The minimum atomic E-state index is -0.847. The van der Waals surface area contributed by atoms with Crippen molar-refractivity contribution in [1.82, 2.24) is 0 Å². The number of allylic oxidation sites excluding steroid dienone is 1. The molecular formula is C7H11IO2. The summed E-state index contributed by atoms with van der Waals surface area (Å²) >= 11 is 2.06. The molecule has 0 saturated heterocycles. The summed E-state index contributed by atoms with van der Waals surface area (Å²) in [6, 6.07) is 0. The summed E-state index contributed by atoms with van der Waals surface area (Å²) in [7, 11) is 0. The number of unbranched alkanes of at least 4 members (excludes halogenated alkanes) is 1. The van der Waals surface area contributed by atoms with E-state index in [-0.39, 0.29) is 0 Å². The van der Waals surface area contributed by atoms with Gasteiger partial charge >= 0.3 is 5.97 Å². The quantitative estimate of drug-likeness (QED) is 0.618. The summed E-state index contributed by atoms with van der Waals surface area (Å²) in [6.07, 6.45) is 4.33. The summed E-state index contributed by atoms with van der Waals surface area (Å²) in [5.74, 6) is -0.847. The SMILES string of the molecule is CCCC/C(I)=C\C(=O)O. The summed E-state index contributed by atoms with van der Waals surface area (Å²) in [5, 5.41) is 8.30. The van der Waals surface area contributed by atoms with Crippen LogP contribution in [0.1, 0.15) is 26.2 Å². The predicted octanol–water partition coefficient (Wildman–Crippen LogP) is 2.58. The van der Waals surface area contributed by atoms with Crippen LogP contribution in [0.25, 0.3) is 0 Å². The molecule has 0 heterocycles. The number of hydrogen-bond donors (Lipinski definition) is 1. The van der Waals surface area contributed by atoms with Crippen molar-refractivity contribution in [1.29, 1.82) is 0 Å². The average Bonchev–Trinajstić information content (AvgIpc) is 1.82. The Morgan fingerprint density at radius 2 is 2.30 bits per heavy atom. The zero-order valence-corrected chi connectivity index (χ0v) is 8.09. The topological polar surface area (TPSA) is 37.3 Å². The lowest BCUT2D eigenvalue weighted by Gasteiger charge is -1.93. The smallest absolute Gasteiger partial charge is 0.329 e. The van der Waals surface area contributed by atoms with Gasteiger partial charge in [-0.25, -0.2) is 4.79 Å². The standard InChI is InChI=1S/C7H11IO2/c1-2-3-4-6(8)5-7(9)10/h5H,2-4H2,1H3,(H,9,10)/b6-5+. The Bertz CT molecular complexity index is 141. The Hall–Kier alpha value is -0.0600. The van der Waals surface area contributed by atoms with Gasteiger partial charge in [-0.05, 0) is 39.0 Å². The van der Waals surface area contributed by atoms with Gasteiger partial charge in [0, 0.05) is 6.08 Å². The molecule has 0 aliphatic rings. The number of carboxylic acids is 1. The van der Waals surface area contributed by atoms with Crippen LogP contribution in [0.3, 0.4) is 0 Å². The van der Waals surface area contributed by atoms with Crippen molar-refractivity contribution in [2.45, 2.75) is 26.2 Å².